The van der Waals surface area contributed by atoms with E-state index >= 15 is 0 Å². The lowest BCUT2D eigenvalue weighted by Crippen LogP contribution is -2.08. The summed E-state index contributed by atoms with van der Waals surface area (Å²) in [6, 6.07) is 6.13. The maximum absolute atomic E-state index is 5.92. The molecule has 0 aromatic heterocycles. The third-order valence-electron chi connectivity index (χ3n) is 2.39. The Morgan fingerprint density at radius 1 is 1.44 bits per heavy atom. The molecule has 0 amide bonds. The lowest BCUT2D eigenvalue weighted by molar-refractivity contribution is 0.356. The van der Waals surface area contributed by atoms with Crippen molar-refractivity contribution < 1.29 is 4.74 Å². The SMILES string of the molecule is CC(C)=CCOc1ccc(C)cc1C(C)N. The van der Waals surface area contributed by atoms with Crippen LogP contribution in [0.25, 0.3) is 0 Å². The van der Waals surface area contributed by atoms with Gasteiger partial charge in [-0.25, -0.2) is 0 Å². The maximum atomic E-state index is 5.92. The van der Waals surface area contributed by atoms with E-state index < -0.39 is 0 Å². The highest BCUT2D eigenvalue weighted by Crippen LogP contribution is 2.24. The summed E-state index contributed by atoms with van der Waals surface area (Å²) in [5, 5.41) is 0. The van der Waals surface area contributed by atoms with E-state index in [1.807, 2.05) is 19.1 Å². The molecule has 2 N–H and O–H groups in total. The summed E-state index contributed by atoms with van der Waals surface area (Å²) >= 11 is 0. The predicted molar refractivity (Wildman–Crippen MR) is 68.7 cm³/mol. The van der Waals surface area contributed by atoms with Crippen molar-refractivity contribution in [1.29, 1.82) is 0 Å². The molecule has 0 aliphatic rings. The van der Waals surface area contributed by atoms with Crippen molar-refractivity contribution in [2.75, 3.05) is 6.61 Å². The van der Waals surface area contributed by atoms with Crippen molar-refractivity contribution in [1.82, 2.24) is 0 Å². The van der Waals surface area contributed by atoms with Gasteiger partial charge in [0, 0.05) is 11.6 Å². The predicted octanol–water partition coefficient (Wildman–Crippen LogP) is 3.36. The van der Waals surface area contributed by atoms with Gasteiger partial charge in [0.15, 0.2) is 0 Å². The number of rotatable bonds is 4. The van der Waals surface area contributed by atoms with Crippen LogP contribution in [-0.2, 0) is 0 Å². The van der Waals surface area contributed by atoms with Gasteiger partial charge in [-0.1, -0.05) is 23.3 Å². The molecular formula is C14H21NO. The van der Waals surface area contributed by atoms with Crippen molar-refractivity contribution >= 4 is 0 Å². The number of allylic oxidation sites excluding steroid dienone is 1. The number of nitrogens with two attached hydrogens (primary N) is 1. The molecule has 0 heterocycles. The number of aryl methyl sites for hydroxylation is 1. The van der Waals surface area contributed by atoms with Crippen molar-refractivity contribution in [3.05, 3.63) is 41.0 Å². The zero-order chi connectivity index (χ0) is 12.1. The Morgan fingerprint density at radius 2 is 2.12 bits per heavy atom. The van der Waals surface area contributed by atoms with Gasteiger partial charge in [-0.2, -0.15) is 0 Å². The molecule has 88 valence electrons. The number of ether oxygens (including phenoxy) is 1. The minimum Gasteiger partial charge on any atom is -0.489 e. The van der Waals surface area contributed by atoms with Crippen molar-refractivity contribution in [2.24, 2.45) is 5.73 Å². The zero-order valence-electron chi connectivity index (χ0n) is 10.6. The number of hydrogen-bond donors (Lipinski definition) is 1. The Balaban J connectivity index is 2.82. The van der Waals surface area contributed by atoms with Crippen LogP contribution in [-0.4, -0.2) is 6.61 Å². The van der Waals surface area contributed by atoms with Crippen LogP contribution in [0.4, 0.5) is 0 Å². The number of hydrogen-bond acceptors (Lipinski definition) is 2. The summed E-state index contributed by atoms with van der Waals surface area (Å²) in [5.41, 5.74) is 9.46. The molecule has 0 radical (unpaired) electrons. The molecule has 2 nitrogen and oxygen atoms in total. The maximum Gasteiger partial charge on any atom is 0.124 e. The van der Waals surface area contributed by atoms with Crippen molar-refractivity contribution in [2.45, 2.75) is 33.7 Å². The smallest absolute Gasteiger partial charge is 0.124 e. The molecular weight excluding hydrogens is 198 g/mol. The molecule has 1 aromatic rings. The Hall–Kier alpha value is -1.28. The molecule has 0 aliphatic heterocycles. The lowest BCUT2D eigenvalue weighted by Gasteiger charge is -2.14. The number of benzene rings is 1. The zero-order valence-corrected chi connectivity index (χ0v) is 10.6. The first-order chi connectivity index (χ1) is 7.50. The minimum atomic E-state index is 0.00148. The second kappa shape index (κ2) is 5.71. The van der Waals surface area contributed by atoms with E-state index in [0.29, 0.717) is 6.61 Å². The molecule has 2 heteroatoms. The topological polar surface area (TPSA) is 35.2 Å². The van der Waals surface area contributed by atoms with Crippen LogP contribution in [0.2, 0.25) is 0 Å². The molecule has 0 saturated heterocycles. The van der Waals surface area contributed by atoms with Crippen molar-refractivity contribution in [3.8, 4) is 5.75 Å². The van der Waals surface area contributed by atoms with Crippen LogP contribution in [0.3, 0.4) is 0 Å². The quantitative estimate of drug-likeness (QED) is 0.788. The van der Waals surface area contributed by atoms with Gasteiger partial charge in [0.25, 0.3) is 0 Å². The summed E-state index contributed by atoms with van der Waals surface area (Å²) < 4.78 is 5.71. The molecule has 1 unspecified atom stereocenters. The van der Waals surface area contributed by atoms with Crippen LogP contribution < -0.4 is 10.5 Å². The molecule has 1 atom stereocenters. The highest BCUT2D eigenvalue weighted by molar-refractivity contribution is 5.38. The van der Waals surface area contributed by atoms with Gasteiger partial charge in [0.05, 0.1) is 0 Å². The Morgan fingerprint density at radius 3 is 2.69 bits per heavy atom. The average Bonchev–Trinajstić information content (AvgIpc) is 2.19. The Labute approximate surface area is 98.1 Å². The van der Waals surface area contributed by atoms with Crippen LogP contribution in [0, 0.1) is 6.92 Å². The molecule has 1 rings (SSSR count). The van der Waals surface area contributed by atoms with Gasteiger partial charge in [-0.15, -0.1) is 0 Å². The summed E-state index contributed by atoms with van der Waals surface area (Å²) in [7, 11) is 0. The van der Waals surface area contributed by atoms with Crippen LogP contribution in [0.5, 0.6) is 5.75 Å². The van der Waals surface area contributed by atoms with Gasteiger partial charge in [0.2, 0.25) is 0 Å². The fraction of sp³-hybridized carbons (Fsp3) is 0.429. The summed E-state index contributed by atoms with van der Waals surface area (Å²) in [4.78, 5) is 0. The van der Waals surface area contributed by atoms with Crippen molar-refractivity contribution in [3.63, 3.8) is 0 Å². The largest absolute Gasteiger partial charge is 0.489 e. The first-order valence-corrected chi connectivity index (χ1v) is 5.63. The Kier molecular flexibility index (Phi) is 4.56. The minimum absolute atomic E-state index is 0.00148. The van der Waals surface area contributed by atoms with Gasteiger partial charge < -0.3 is 10.5 Å². The van der Waals surface area contributed by atoms with Gasteiger partial charge in [-0.05, 0) is 39.8 Å². The first kappa shape index (κ1) is 12.8. The van der Waals surface area contributed by atoms with E-state index in [1.54, 1.807) is 0 Å². The Bertz CT molecular complexity index is 376. The first-order valence-electron chi connectivity index (χ1n) is 5.63. The van der Waals surface area contributed by atoms with E-state index in [2.05, 4.69) is 32.9 Å². The van der Waals surface area contributed by atoms with E-state index in [4.69, 9.17) is 10.5 Å². The van der Waals surface area contributed by atoms with E-state index in [1.165, 1.54) is 11.1 Å². The molecule has 0 spiro atoms. The summed E-state index contributed by atoms with van der Waals surface area (Å²) in [6.07, 6.45) is 2.06. The summed E-state index contributed by atoms with van der Waals surface area (Å²) in [5.74, 6) is 0.887. The van der Waals surface area contributed by atoms with Crippen LogP contribution in [0.1, 0.15) is 37.9 Å². The highest BCUT2D eigenvalue weighted by atomic mass is 16.5. The fourth-order valence-electron chi connectivity index (χ4n) is 1.45. The molecule has 0 saturated carbocycles. The lowest BCUT2D eigenvalue weighted by atomic mass is 10.1. The van der Waals surface area contributed by atoms with E-state index in [0.717, 1.165) is 11.3 Å². The highest BCUT2D eigenvalue weighted by Gasteiger charge is 2.07. The third-order valence-corrected chi connectivity index (χ3v) is 2.39. The van der Waals surface area contributed by atoms with E-state index in [-0.39, 0.29) is 6.04 Å². The van der Waals surface area contributed by atoms with E-state index in [9.17, 15) is 0 Å². The normalized spacial score (nSPS) is 12.1. The standard InChI is InChI=1S/C14H21NO/c1-10(2)7-8-16-14-6-5-11(3)9-13(14)12(4)15/h5-7,9,12H,8,15H2,1-4H3. The van der Waals surface area contributed by atoms with Gasteiger partial charge >= 0.3 is 0 Å². The monoisotopic (exact) mass is 219 g/mol. The van der Waals surface area contributed by atoms with Gasteiger partial charge in [-0.3, -0.25) is 0 Å². The second-order valence-electron chi connectivity index (χ2n) is 4.42. The second-order valence-corrected chi connectivity index (χ2v) is 4.42. The summed E-state index contributed by atoms with van der Waals surface area (Å²) in [6.45, 7) is 8.76. The molecule has 16 heavy (non-hydrogen) atoms. The third kappa shape index (κ3) is 3.70. The fourth-order valence-corrected chi connectivity index (χ4v) is 1.45. The van der Waals surface area contributed by atoms with Gasteiger partial charge in [0.1, 0.15) is 12.4 Å². The van der Waals surface area contributed by atoms with Crippen LogP contribution >= 0.6 is 0 Å². The van der Waals surface area contributed by atoms with Crippen LogP contribution in [0.15, 0.2) is 29.8 Å². The molecule has 0 fully saturated rings. The molecule has 0 bridgehead atoms. The molecule has 1 aromatic carbocycles. The molecule has 0 aliphatic carbocycles. The average molecular weight is 219 g/mol.